The number of nitrogens with two attached hydrogens (primary N) is 1. The molecule has 0 bridgehead atoms. The Hall–Kier alpha value is -1.30. The lowest BCUT2D eigenvalue weighted by atomic mass is 9.82. The van der Waals surface area contributed by atoms with Crippen LogP contribution in [0.4, 0.5) is 4.79 Å². The third kappa shape index (κ3) is 4.09. The number of rotatable bonds is 4. The summed E-state index contributed by atoms with van der Waals surface area (Å²) in [5.74, 6) is -1.75. The van der Waals surface area contributed by atoms with Gasteiger partial charge in [0, 0.05) is 6.54 Å². The topological polar surface area (TPSA) is 102 Å². The van der Waals surface area contributed by atoms with E-state index in [1.807, 2.05) is 0 Å². The predicted octanol–water partition coefficient (Wildman–Crippen LogP) is 1.48. The zero-order valence-corrected chi connectivity index (χ0v) is 11.9. The summed E-state index contributed by atoms with van der Waals surface area (Å²) in [5, 5.41) is 12.0. The van der Waals surface area contributed by atoms with Gasteiger partial charge in [-0.05, 0) is 33.6 Å². The minimum absolute atomic E-state index is 0.00509. The number of hydrogen-bond donors (Lipinski definition) is 3. The lowest BCUT2D eigenvalue weighted by Gasteiger charge is -2.36. The van der Waals surface area contributed by atoms with E-state index < -0.39 is 29.1 Å². The Balaban J connectivity index is 2.83. The number of nitrogens with one attached hydrogen (secondary N) is 1. The Morgan fingerprint density at radius 3 is 2.26 bits per heavy atom. The molecule has 0 aliphatic heterocycles. The maximum absolute atomic E-state index is 11.9. The molecule has 6 nitrogen and oxygen atoms in total. The molecule has 0 aromatic carbocycles. The van der Waals surface area contributed by atoms with Gasteiger partial charge in [0.1, 0.15) is 5.60 Å². The minimum Gasteiger partial charge on any atom is -0.481 e. The molecular weight excluding hydrogens is 248 g/mol. The molecule has 1 unspecified atom stereocenters. The van der Waals surface area contributed by atoms with Crippen molar-refractivity contribution in [2.45, 2.75) is 57.6 Å². The van der Waals surface area contributed by atoms with Crippen molar-refractivity contribution in [3.05, 3.63) is 0 Å². The van der Waals surface area contributed by atoms with Crippen molar-refractivity contribution in [2.75, 3.05) is 6.54 Å². The highest BCUT2D eigenvalue weighted by Crippen LogP contribution is 2.36. The van der Waals surface area contributed by atoms with Crippen molar-refractivity contribution in [3.63, 3.8) is 0 Å². The second-order valence-corrected chi connectivity index (χ2v) is 6.12. The van der Waals surface area contributed by atoms with Crippen LogP contribution in [0.15, 0.2) is 0 Å². The maximum Gasteiger partial charge on any atom is 0.408 e. The van der Waals surface area contributed by atoms with Crippen molar-refractivity contribution < 1.29 is 19.4 Å². The molecule has 110 valence electrons. The van der Waals surface area contributed by atoms with Crippen LogP contribution in [0.25, 0.3) is 0 Å². The fourth-order valence-electron chi connectivity index (χ4n) is 2.64. The number of carboxylic acids is 1. The Morgan fingerprint density at radius 2 is 1.89 bits per heavy atom. The molecule has 0 aromatic rings. The van der Waals surface area contributed by atoms with Crippen molar-refractivity contribution in [3.8, 4) is 0 Å². The molecule has 1 aliphatic rings. The van der Waals surface area contributed by atoms with Crippen LogP contribution in [0, 0.1) is 5.92 Å². The van der Waals surface area contributed by atoms with Gasteiger partial charge in [-0.2, -0.15) is 0 Å². The Kier molecular flexibility index (Phi) is 4.79. The van der Waals surface area contributed by atoms with Crippen LogP contribution in [0.5, 0.6) is 0 Å². The summed E-state index contributed by atoms with van der Waals surface area (Å²) in [7, 11) is 0. The highest BCUT2D eigenvalue weighted by Gasteiger charge is 2.46. The summed E-state index contributed by atoms with van der Waals surface area (Å²) < 4.78 is 5.22. The molecule has 0 radical (unpaired) electrons. The molecule has 0 heterocycles. The van der Waals surface area contributed by atoms with Gasteiger partial charge in [0.2, 0.25) is 0 Å². The third-order valence-electron chi connectivity index (χ3n) is 3.45. The number of alkyl carbamates (subject to hydrolysis) is 1. The van der Waals surface area contributed by atoms with E-state index in [-0.39, 0.29) is 6.54 Å². The van der Waals surface area contributed by atoms with Gasteiger partial charge in [0.05, 0.1) is 11.5 Å². The molecule has 1 saturated carbocycles. The summed E-state index contributed by atoms with van der Waals surface area (Å²) in [6.07, 6.45) is 2.45. The predicted molar refractivity (Wildman–Crippen MR) is 70.7 cm³/mol. The van der Waals surface area contributed by atoms with E-state index in [1.54, 1.807) is 20.8 Å². The normalized spacial score (nSPS) is 19.8. The van der Waals surface area contributed by atoms with Crippen molar-refractivity contribution in [2.24, 2.45) is 11.7 Å². The zero-order valence-electron chi connectivity index (χ0n) is 11.9. The third-order valence-corrected chi connectivity index (χ3v) is 3.45. The number of amides is 1. The van der Waals surface area contributed by atoms with E-state index in [4.69, 9.17) is 10.5 Å². The first-order valence-corrected chi connectivity index (χ1v) is 6.64. The summed E-state index contributed by atoms with van der Waals surface area (Å²) in [6.45, 7) is 5.31. The molecule has 4 N–H and O–H groups in total. The second-order valence-electron chi connectivity index (χ2n) is 6.12. The molecule has 6 heteroatoms. The Morgan fingerprint density at radius 1 is 1.37 bits per heavy atom. The zero-order chi connectivity index (χ0) is 14.7. The number of hydrogen-bond acceptors (Lipinski definition) is 4. The molecule has 0 saturated heterocycles. The Labute approximate surface area is 113 Å². The number of aliphatic carboxylic acids is 1. The molecule has 1 fully saturated rings. The first-order chi connectivity index (χ1) is 8.70. The van der Waals surface area contributed by atoms with E-state index in [0.29, 0.717) is 12.8 Å². The van der Waals surface area contributed by atoms with Crippen molar-refractivity contribution >= 4 is 12.1 Å². The SMILES string of the molecule is CC(C)(C)OC(=O)NC1(C(CN)C(=O)O)CCCC1. The van der Waals surface area contributed by atoms with Crippen LogP contribution in [0.2, 0.25) is 0 Å². The molecule has 1 atom stereocenters. The number of carboxylic acid groups (broad SMARTS) is 1. The van der Waals surface area contributed by atoms with Gasteiger partial charge >= 0.3 is 12.1 Å². The van der Waals surface area contributed by atoms with E-state index in [0.717, 1.165) is 12.8 Å². The lowest BCUT2D eigenvalue weighted by Crippen LogP contribution is -2.57. The van der Waals surface area contributed by atoms with Gasteiger partial charge < -0.3 is 20.9 Å². The quantitative estimate of drug-likeness (QED) is 0.719. The van der Waals surface area contributed by atoms with E-state index in [9.17, 15) is 14.7 Å². The van der Waals surface area contributed by atoms with Crippen LogP contribution < -0.4 is 11.1 Å². The highest BCUT2D eigenvalue weighted by molar-refractivity contribution is 5.75. The first-order valence-electron chi connectivity index (χ1n) is 6.64. The van der Waals surface area contributed by atoms with Gasteiger partial charge in [0.25, 0.3) is 0 Å². The molecule has 0 spiro atoms. The second kappa shape index (κ2) is 5.77. The Bertz CT molecular complexity index is 343. The van der Waals surface area contributed by atoms with Crippen LogP contribution in [0.3, 0.4) is 0 Å². The molecule has 1 rings (SSSR count). The molecular formula is C13H24N2O4. The van der Waals surface area contributed by atoms with Crippen LogP contribution in [-0.2, 0) is 9.53 Å². The number of carbonyl (C=O) groups is 2. The van der Waals surface area contributed by atoms with Crippen LogP contribution in [-0.4, -0.2) is 34.9 Å². The van der Waals surface area contributed by atoms with Crippen LogP contribution in [0.1, 0.15) is 46.5 Å². The average molecular weight is 272 g/mol. The largest absolute Gasteiger partial charge is 0.481 e. The first kappa shape index (κ1) is 15.8. The number of ether oxygens (including phenoxy) is 1. The van der Waals surface area contributed by atoms with Crippen LogP contribution >= 0.6 is 0 Å². The van der Waals surface area contributed by atoms with Gasteiger partial charge in [0.15, 0.2) is 0 Å². The molecule has 19 heavy (non-hydrogen) atoms. The van der Waals surface area contributed by atoms with Gasteiger partial charge in [-0.3, -0.25) is 4.79 Å². The van der Waals surface area contributed by atoms with Crippen molar-refractivity contribution in [1.29, 1.82) is 0 Å². The average Bonchev–Trinajstić information content (AvgIpc) is 2.63. The molecule has 0 aromatic heterocycles. The summed E-state index contributed by atoms with van der Waals surface area (Å²) in [6, 6.07) is 0. The van der Waals surface area contributed by atoms with Gasteiger partial charge in [-0.1, -0.05) is 12.8 Å². The summed E-state index contributed by atoms with van der Waals surface area (Å²) in [5.41, 5.74) is 4.19. The fourth-order valence-corrected chi connectivity index (χ4v) is 2.64. The van der Waals surface area contributed by atoms with Crippen molar-refractivity contribution in [1.82, 2.24) is 5.32 Å². The van der Waals surface area contributed by atoms with E-state index in [2.05, 4.69) is 5.32 Å². The smallest absolute Gasteiger partial charge is 0.408 e. The fraction of sp³-hybridized carbons (Fsp3) is 0.846. The minimum atomic E-state index is -0.972. The lowest BCUT2D eigenvalue weighted by molar-refractivity contribution is -0.144. The molecule has 1 aliphatic carbocycles. The van der Waals surface area contributed by atoms with E-state index in [1.165, 1.54) is 0 Å². The monoisotopic (exact) mass is 272 g/mol. The summed E-state index contributed by atoms with van der Waals surface area (Å²) in [4.78, 5) is 23.2. The van der Waals surface area contributed by atoms with E-state index >= 15 is 0 Å². The van der Waals surface area contributed by atoms with Gasteiger partial charge in [-0.15, -0.1) is 0 Å². The van der Waals surface area contributed by atoms with Gasteiger partial charge in [-0.25, -0.2) is 4.79 Å². The molecule has 1 amide bonds. The standard InChI is InChI=1S/C13H24N2O4/c1-12(2,3)19-11(18)15-13(6-4-5-7-13)9(8-14)10(16)17/h9H,4-8,14H2,1-3H3,(H,15,18)(H,16,17). The summed E-state index contributed by atoms with van der Waals surface area (Å²) >= 11 is 0. The maximum atomic E-state index is 11.9. The number of carbonyl (C=O) groups excluding carboxylic acids is 1. The highest BCUT2D eigenvalue weighted by atomic mass is 16.6.